The summed E-state index contributed by atoms with van der Waals surface area (Å²) in [4.78, 5) is 2.52. The number of hydrogen-bond donors (Lipinski definition) is 1. The summed E-state index contributed by atoms with van der Waals surface area (Å²) in [7, 11) is 1.74. The summed E-state index contributed by atoms with van der Waals surface area (Å²) in [6.07, 6.45) is 6.76. The highest BCUT2D eigenvalue weighted by atomic mass is 32.2. The lowest BCUT2D eigenvalue weighted by Crippen LogP contribution is -2.46. The van der Waals surface area contributed by atoms with E-state index < -0.39 is 0 Å². The van der Waals surface area contributed by atoms with E-state index in [9.17, 15) is 5.11 Å². The molecule has 4 heteroatoms. The number of aliphatic hydroxyl groups excluding tert-OH is 1. The molecule has 1 heterocycles. The van der Waals surface area contributed by atoms with Gasteiger partial charge in [-0.05, 0) is 50.8 Å². The Morgan fingerprint density at radius 1 is 1.47 bits per heavy atom. The Bertz CT molecular complexity index is 204. The molecule has 0 bridgehead atoms. The maximum absolute atomic E-state index is 9.67. The Balaban J connectivity index is 2.38. The number of aliphatic hydroxyl groups is 1. The third-order valence-electron chi connectivity index (χ3n) is 3.74. The fourth-order valence-electron chi connectivity index (χ4n) is 2.66. The smallest absolute Gasteiger partial charge is 0.0500 e. The van der Waals surface area contributed by atoms with Crippen molar-refractivity contribution in [1.29, 1.82) is 0 Å². The van der Waals surface area contributed by atoms with Gasteiger partial charge in [-0.25, -0.2) is 0 Å². The van der Waals surface area contributed by atoms with Gasteiger partial charge in [0, 0.05) is 25.7 Å². The van der Waals surface area contributed by atoms with Crippen molar-refractivity contribution in [3.63, 3.8) is 0 Å². The van der Waals surface area contributed by atoms with Crippen LogP contribution in [0.1, 0.15) is 25.7 Å². The van der Waals surface area contributed by atoms with E-state index in [-0.39, 0.29) is 5.41 Å². The number of thioether (sulfide) groups is 1. The van der Waals surface area contributed by atoms with Crippen molar-refractivity contribution in [3.8, 4) is 0 Å². The summed E-state index contributed by atoms with van der Waals surface area (Å²) in [6.45, 7) is 4.48. The zero-order valence-electron chi connectivity index (χ0n) is 11.3. The van der Waals surface area contributed by atoms with Crippen LogP contribution >= 0.6 is 11.8 Å². The zero-order valence-corrected chi connectivity index (χ0v) is 12.1. The van der Waals surface area contributed by atoms with Gasteiger partial charge < -0.3 is 14.7 Å². The summed E-state index contributed by atoms with van der Waals surface area (Å²) < 4.78 is 5.17. The Morgan fingerprint density at radius 3 is 2.94 bits per heavy atom. The minimum atomic E-state index is 0.0909. The molecule has 102 valence electrons. The average molecular weight is 261 g/mol. The summed E-state index contributed by atoms with van der Waals surface area (Å²) in [6, 6.07) is 0. The van der Waals surface area contributed by atoms with E-state index >= 15 is 0 Å². The van der Waals surface area contributed by atoms with Crippen LogP contribution in [0.2, 0.25) is 0 Å². The minimum absolute atomic E-state index is 0.0909. The molecule has 0 saturated carbocycles. The monoisotopic (exact) mass is 261 g/mol. The van der Waals surface area contributed by atoms with E-state index in [1.165, 1.54) is 31.7 Å². The lowest BCUT2D eigenvalue weighted by Gasteiger charge is -2.42. The van der Waals surface area contributed by atoms with E-state index in [4.69, 9.17) is 4.74 Å². The van der Waals surface area contributed by atoms with Gasteiger partial charge in [-0.1, -0.05) is 0 Å². The summed E-state index contributed by atoms with van der Waals surface area (Å²) in [5.74, 6) is 1.24. The Kier molecular flexibility index (Phi) is 7.51. The van der Waals surface area contributed by atoms with Crippen LogP contribution in [0.15, 0.2) is 0 Å². The molecule has 0 aromatic rings. The second kappa shape index (κ2) is 8.35. The van der Waals surface area contributed by atoms with Gasteiger partial charge in [0.15, 0.2) is 0 Å². The molecule has 1 rings (SSSR count). The number of likely N-dealkylation sites (tertiary alicyclic amines) is 1. The molecule has 0 aromatic carbocycles. The minimum Gasteiger partial charge on any atom is -0.396 e. The first kappa shape index (κ1) is 15.3. The first-order valence-corrected chi connectivity index (χ1v) is 7.97. The molecule has 0 unspecified atom stereocenters. The summed E-state index contributed by atoms with van der Waals surface area (Å²) in [5, 5.41) is 9.67. The van der Waals surface area contributed by atoms with Gasteiger partial charge in [-0.2, -0.15) is 11.8 Å². The molecule has 0 aliphatic carbocycles. The highest BCUT2D eigenvalue weighted by Crippen LogP contribution is 2.33. The van der Waals surface area contributed by atoms with Crippen molar-refractivity contribution in [1.82, 2.24) is 4.90 Å². The number of nitrogens with zero attached hydrogens (tertiary/aromatic N) is 1. The van der Waals surface area contributed by atoms with Crippen LogP contribution in [0.4, 0.5) is 0 Å². The van der Waals surface area contributed by atoms with E-state index in [0.717, 1.165) is 26.0 Å². The topological polar surface area (TPSA) is 32.7 Å². The fourth-order valence-corrected chi connectivity index (χ4v) is 3.08. The molecular formula is C13H27NO2S. The maximum atomic E-state index is 9.67. The first-order chi connectivity index (χ1) is 8.26. The highest BCUT2D eigenvalue weighted by molar-refractivity contribution is 7.98. The van der Waals surface area contributed by atoms with Crippen LogP contribution < -0.4 is 0 Å². The van der Waals surface area contributed by atoms with Gasteiger partial charge in [0.2, 0.25) is 0 Å². The molecule has 0 aromatic heterocycles. The maximum Gasteiger partial charge on any atom is 0.0500 e. The van der Waals surface area contributed by atoms with Crippen molar-refractivity contribution >= 4 is 11.8 Å². The Hall–Kier alpha value is 0.230. The number of ether oxygens (including phenoxy) is 1. The molecule has 1 N–H and O–H groups in total. The van der Waals surface area contributed by atoms with E-state index in [0.29, 0.717) is 6.61 Å². The zero-order chi connectivity index (χ0) is 12.6. The molecule has 0 spiro atoms. The molecule has 1 atom stereocenters. The first-order valence-electron chi connectivity index (χ1n) is 6.57. The van der Waals surface area contributed by atoms with Crippen LogP contribution in [-0.4, -0.2) is 62.0 Å². The third kappa shape index (κ3) is 5.16. The van der Waals surface area contributed by atoms with E-state index in [1.54, 1.807) is 7.11 Å². The second-order valence-electron chi connectivity index (χ2n) is 5.13. The van der Waals surface area contributed by atoms with Crippen molar-refractivity contribution in [2.75, 3.05) is 52.0 Å². The van der Waals surface area contributed by atoms with Gasteiger partial charge >= 0.3 is 0 Å². The standard InChI is InChI=1S/C13H27NO2S/c1-16-9-6-13(12-15)5-3-7-14(11-13)8-4-10-17-2/h15H,3-12H2,1-2H3/t13-/m0/s1. The summed E-state index contributed by atoms with van der Waals surface area (Å²) >= 11 is 1.91. The average Bonchev–Trinajstić information content (AvgIpc) is 2.37. The molecule has 17 heavy (non-hydrogen) atoms. The van der Waals surface area contributed by atoms with Crippen LogP contribution in [0, 0.1) is 5.41 Å². The van der Waals surface area contributed by atoms with Gasteiger partial charge in [-0.15, -0.1) is 0 Å². The number of hydrogen-bond acceptors (Lipinski definition) is 4. The number of piperidine rings is 1. The predicted molar refractivity (Wildman–Crippen MR) is 74.7 cm³/mol. The van der Waals surface area contributed by atoms with Gasteiger partial charge in [0.1, 0.15) is 0 Å². The SMILES string of the molecule is COCC[C@@]1(CO)CCCN(CCCSC)C1. The van der Waals surface area contributed by atoms with E-state index in [1.807, 2.05) is 11.8 Å². The van der Waals surface area contributed by atoms with Crippen LogP contribution in [-0.2, 0) is 4.74 Å². The molecular weight excluding hydrogens is 234 g/mol. The van der Waals surface area contributed by atoms with Crippen LogP contribution in [0.25, 0.3) is 0 Å². The molecule has 0 amide bonds. The molecule has 1 fully saturated rings. The Morgan fingerprint density at radius 2 is 2.29 bits per heavy atom. The molecule has 1 aliphatic heterocycles. The second-order valence-corrected chi connectivity index (χ2v) is 6.11. The number of methoxy groups -OCH3 is 1. The summed E-state index contributed by atoms with van der Waals surface area (Å²) in [5.41, 5.74) is 0.0909. The van der Waals surface area contributed by atoms with Crippen molar-refractivity contribution in [3.05, 3.63) is 0 Å². The highest BCUT2D eigenvalue weighted by Gasteiger charge is 2.34. The lowest BCUT2D eigenvalue weighted by molar-refractivity contribution is 0.00775. The van der Waals surface area contributed by atoms with Crippen LogP contribution in [0.5, 0.6) is 0 Å². The predicted octanol–water partition coefficient (Wildman–Crippen LogP) is 1.85. The van der Waals surface area contributed by atoms with Gasteiger partial charge in [0.25, 0.3) is 0 Å². The number of rotatable bonds is 8. The molecule has 1 aliphatic rings. The quantitative estimate of drug-likeness (QED) is 0.676. The van der Waals surface area contributed by atoms with Gasteiger partial charge in [-0.3, -0.25) is 0 Å². The molecule has 3 nitrogen and oxygen atoms in total. The third-order valence-corrected chi connectivity index (χ3v) is 4.43. The fraction of sp³-hybridized carbons (Fsp3) is 1.00. The van der Waals surface area contributed by atoms with Crippen molar-refractivity contribution < 1.29 is 9.84 Å². The van der Waals surface area contributed by atoms with Crippen molar-refractivity contribution in [2.24, 2.45) is 5.41 Å². The normalized spacial score (nSPS) is 26.3. The lowest BCUT2D eigenvalue weighted by atomic mass is 9.78. The largest absolute Gasteiger partial charge is 0.396 e. The van der Waals surface area contributed by atoms with Crippen LogP contribution in [0.3, 0.4) is 0 Å². The van der Waals surface area contributed by atoms with Gasteiger partial charge in [0.05, 0.1) is 6.61 Å². The Labute approximate surface area is 110 Å². The molecule has 0 radical (unpaired) electrons. The molecule has 1 saturated heterocycles. The van der Waals surface area contributed by atoms with E-state index in [2.05, 4.69) is 11.2 Å². The van der Waals surface area contributed by atoms with Crippen molar-refractivity contribution in [2.45, 2.75) is 25.7 Å².